The Labute approximate surface area is 108 Å². The molecule has 0 unspecified atom stereocenters. The second kappa shape index (κ2) is 3.97. The molecule has 1 fully saturated rings. The van der Waals surface area contributed by atoms with E-state index < -0.39 is 7.12 Å². The first-order chi connectivity index (χ1) is 7.74. The number of rotatable bonds is 1. The van der Waals surface area contributed by atoms with Gasteiger partial charge in [0.05, 0.1) is 11.2 Å². The molecule has 17 heavy (non-hydrogen) atoms. The summed E-state index contributed by atoms with van der Waals surface area (Å²) < 4.78 is 11.9. The second-order valence-electron chi connectivity index (χ2n) is 5.38. The first-order valence-electron chi connectivity index (χ1n) is 5.71. The molecule has 1 saturated heterocycles. The molecule has 0 bridgehead atoms. The number of aryl methyl sites for hydroxylation is 1. The van der Waals surface area contributed by atoms with Crippen LogP contribution in [-0.2, 0) is 9.31 Å². The van der Waals surface area contributed by atoms with Gasteiger partial charge in [-0.3, -0.25) is 4.98 Å². The predicted octanol–water partition coefficient (Wildman–Crippen LogP) is 2.34. The first-order valence-corrected chi connectivity index (χ1v) is 6.09. The van der Waals surface area contributed by atoms with Crippen LogP contribution in [0.2, 0.25) is 5.02 Å². The highest BCUT2D eigenvalue weighted by atomic mass is 35.5. The summed E-state index contributed by atoms with van der Waals surface area (Å²) in [4.78, 5) is 4.24. The SMILES string of the molecule is Cc1nccc(Cl)c1B1OC(C)(C)C(C)(C)O1. The van der Waals surface area contributed by atoms with E-state index in [0.717, 1.165) is 11.2 Å². The Morgan fingerprint density at radius 1 is 1.18 bits per heavy atom. The molecule has 0 N–H and O–H groups in total. The summed E-state index contributed by atoms with van der Waals surface area (Å²) >= 11 is 6.20. The third-order valence-corrected chi connectivity index (χ3v) is 3.95. The van der Waals surface area contributed by atoms with Crippen molar-refractivity contribution in [1.82, 2.24) is 4.98 Å². The predicted molar refractivity (Wildman–Crippen MR) is 69.7 cm³/mol. The molecule has 0 saturated carbocycles. The van der Waals surface area contributed by atoms with Crippen LogP contribution in [0.25, 0.3) is 0 Å². The minimum Gasteiger partial charge on any atom is -0.399 e. The number of halogens is 1. The van der Waals surface area contributed by atoms with Gasteiger partial charge in [0.15, 0.2) is 0 Å². The van der Waals surface area contributed by atoms with Gasteiger partial charge in [-0.2, -0.15) is 0 Å². The molecule has 5 heteroatoms. The standard InChI is InChI=1S/C12H17BClNO2/c1-8-10(9(14)6-7-15-8)13-16-11(2,3)12(4,5)17-13/h6-7H,1-5H3. The molecule has 3 nitrogen and oxygen atoms in total. The van der Waals surface area contributed by atoms with Crippen LogP contribution in [0.4, 0.5) is 0 Å². The van der Waals surface area contributed by atoms with Crippen LogP contribution in [0.1, 0.15) is 33.4 Å². The van der Waals surface area contributed by atoms with E-state index in [1.54, 1.807) is 12.3 Å². The van der Waals surface area contributed by atoms with Crippen molar-refractivity contribution in [2.24, 2.45) is 0 Å². The van der Waals surface area contributed by atoms with Crippen molar-refractivity contribution in [3.05, 3.63) is 23.0 Å². The molecule has 2 rings (SSSR count). The molecule has 0 aliphatic carbocycles. The van der Waals surface area contributed by atoms with E-state index in [-0.39, 0.29) is 11.2 Å². The zero-order valence-electron chi connectivity index (χ0n) is 10.9. The number of aromatic nitrogens is 1. The van der Waals surface area contributed by atoms with Crippen LogP contribution in [-0.4, -0.2) is 23.3 Å². The van der Waals surface area contributed by atoms with Crippen molar-refractivity contribution in [2.45, 2.75) is 45.8 Å². The maximum atomic E-state index is 6.20. The molecular formula is C12H17BClNO2. The van der Waals surface area contributed by atoms with Gasteiger partial charge in [0.1, 0.15) is 0 Å². The van der Waals surface area contributed by atoms with Crippen molar-refractivity contribution in [3.63, 3.8) is 0 Å². The van der Waals surface area contributed by atoms with E-state index in [4.69, 9.17) is 20.9 Å². The molecule has 92 valence electrons. The second-order valence-corrected chi connectivity index (χ2v) is 5.79. The Bertz CT molecular complexity index is 412. The summed E-state index contributed by atoms with van der Waals surface area (Å²) in [5.74, 6) is 0. The van der Waals surface area contributed by atoms with Crippen LogP contribution < -0.4 is 5.46 Å². The Morgan fingerprint density at radius 2 is 1.71 bits per heavy atom. The lowest BCUT2D eigenvalue weighted by molar-refractivity contribution is 0.00578. The van der Waals surface area contributed by atoms with Crippen molar-refractivity contribution in [2.75, 3.05) is 0 Å². The van der Waals surface area contributed by atoms with Crippen LogP contribution in [0, 0.1) is 6.92 Å². The molecule has 1 aromatic rings. The Balaban J connectivity index is 2.39. The number of pyridine rings is 1. The highest BCUT2D eigenvalue weighted by Crippen LogP contribution is 2.37. The molecule has 0 atom stereocenters. The van der Waals surface area contributed by atoms with E-state index in [2.05, 4.69) is 4.98 Å². The third-order valence-electron chi connectivity index (χ3n) is 3.63. The number of nitrogens with zero attached hydrogens (tertiary/aromatic N) is 1. The van der Waals surface area contributed by atoms with Gasteiger partial charge in [-0.1, -0.05) is 11.6 Å². The van der Waals surface area contributed by atoms with Crippen molar-refractivity contribution >= 4 is 24.2 Å². The lowest BCUT2D eigenvalue weighted by Crippen LogP contribution is -2.41. The van der Waals surface area contributed by atoms with Crippen molar-refractivity contribution < 1.29 is 9.31 Å². The quantitative estimate of drug-likeness (QED) is 0.720. The van der Waals surface area contributed by atoms with Crippen LogP contribution >= 0.6 is 11.6 Å². The minimum atomic E-state index is -0.443. The lowest BCUT2D eigenvalue weighted by atomic mass is 9.78. The molecule has 1 aliphatic rings. The Kier molecular flexibility index (Phi) is 3.01. The molecule has 0 radical (unpaired) electrons. The summed E-state index contributed by atoms with van der Waals surface area (Å²) in [5.41, 5.74) is 0.954. The third kappa shape index (κ3) is 2.10. The topological polar surface area (TPSA) is 31.4 Å². The largest absolute Gasteiger partial charge is 0.498 e. The monoisotopic (exact) mass is 253 g/mol. The van der Waals surface area contributed by atoms with E-state index in [0.29, 0.717) is 5.02 Å². The van der Waals surface area contributed by atoms with E-state index >= 15 is 0 Å². The van der Waals surface area contributed by atoms with E-state index in [1.807, 2.05) is 34.6 Å². The Morgan fingerprint density at radius 3 is 2.18 bits per heavy atom. The molecular weight excluding hydrogens is 236 g/mol. The van der Waals surface area contributed by atoms with Gasteiger partial charge in [-0.15, -0.1) is 0 Å². The molecule has 0 spiro atoms. The molecule has 1 aromatic heterocycles. The number of hydrogen-bond donors (Lipinski definition) is 0. The summed E-state index contributed by atoms with van der Waals surface area (Å²) in [5, 5.41) is 0.635. The van der Waals surface area contributed by atoms with Crippen molar-refractivity contribution in [3.8, 4) is 0 Å². The summed E-state index contributed by atoms with van der Waals surface area (Å²) in [7, 11) is -0.443. The summed E-state index contributed by atoms with van der Waals surface area (Å²) in [6, 6.07) is 1.76. The highest BCUT2D eigenvalue weighted by Gasteiger charge is 2.52. The van der Waals surface area contributed by atoms with Gasteiger partial charge < -0.3 is 9.31 Å². The molecule has 1 aliphatic heterocycles. The van der Waals surface area contributed by atoms with Gasteiger partial charge in [0.2, 0.25) is 0 Å². The number of hydrogen-bond acceptors (Lipinski definition) is 3. The first kappa shape index (κ1) is 12.9. The highest BCUT2D eigenvalue weighted by molar-refractivity contribution is 6.66. The van der Waals surface area contributed by atoms with Crippen LogP contribution in [0.5, 0.6) is 0 Å². The fourth-order valence-corrected chi connectivity index (χ4v) is 2.07. The minimum absolute atomic E-state index is 0.358. The van der Waals surface area contributed by atoms with Crippen LogP contribution in [0.15, 0.2) is 12.3 Å². The van der Waals surface area contributed by atoms with Gasteiger partial charge in [0, 0.05) is 22.4 Å². The van der Waals surface area contributed by atoms with Gasteiger partial charge >= 0.3 is 7.12 Å². The van der Waals surface area contributed by atoms with Gasteiger partial charge in [-0.25, -0.2) is 0 Å². The zero-order chi connectivity index (χ0) is 12.8. The Hall–Kier alpha value is -0.575. The zero-order valence-corrected chi connectivity index (χ0v) is 11.6. The average Bonchev–Trinajstić information content (AvgIpc) is 2.35. The fourth-order valence-electron chi connectivity index (χ4n) is 1.79. The van der Waals surface area contributed by atoms with Crippen molar-refractivity contribution in [1.29, 1.82) is 0 Å². The average molecular weight is 254 g/mol. The van der Waals surface area contributed by atoms with E-state index in [9.17, 15) is 0 Å². The lowest BCUT2D eigenvalue weighted by Gasteiger charge is -2.32. The summed E-state index contributed by atoms with van der Waals surface area (Å²) in [6.07, 6.45) is 1.69. The van der Waals surface area contributed by atoms with E-state index in [1.165, 1.54) is 0 Å². The van der Waals surface area contributed by atoms with Crippen LogP contribution in [0.3, 0.4) is 0 Å². The fraction of sp³-hybridized carbons (Fsp3) is 0.583. The molecule has 0 amide bonds. The smallest absolute Gasteiger partial charge is 0.399 e. The molecule has 2 heterocycles. The summed E-state index contributed by atoms with van der Waals surface area (Å²) in [6.45, 7) is 9.99. The molecule has 0 aromatic carbocycles. The van der Waals surface area contributed by atoms with Gasteiger partial charge in [-0.05, 0) is 40.7 Å². The normalized spacial score (nSPS) is 21.9. The maximum Gasteiger partial charge on any atom is 0.498 e. The van der Waals surface area contributed by atoms with Gasteiger partial charge in [0.25, 0.3) is 0 Å². The maximum absolute atomic E-state index is 6.20.